The molecule has 32 heavy (non-hydrogen) atoms. The van der Waals surface area contributed by atoms with E-state index in [9.17, 15) is 5.26 Å². The van der Waals surface area contributed by atoms with Gasteiger partial charge in [0.1, 0.15) is 11.8 Å². The fourth-order valence-electron chi connectivity index (χ4n) is 3.87. The van der Waals surface area contributed by atoms with Gasteiger partial charge in [-0.2, -0.15) is 10.2 Å². The summed E-state index contributed by atoms with van der Waals surface area (Å²) in [5.41, 5.74) is 4.49. The second kappa shape index (κ2) is 10.9. The van der Waals surface area contributed by atoms with E-state index in [0.717, 1.165) is 18.4 Å². The van der Waals surface area contributed by atoms with E-state index in [0.29, 0.717) is 35.1 Å². The molecule has 4 rings (SSSR count). The maximum atomic E-state index is 9.46. The van der Waals surface area contributed by atoms with Gasteiger partial charge in [-0.1, -0.05) is 37.2 Å². The largest absolute Gasteiger partial charge is 0.490 e. The van der Waals surface area contributed by atoms with Gasteiger partial charge in [0.2, 0.25) is 5.82 Å². The monoisotopic (exact) mass is 434 g/mol. The van der Waals surface area contributed by atoms with E-state index < -0.39 is 0 Å². The van der Waals surface area contributed by atoms with Crippen LogP contribution in [-0.4, -0.2) is 34.5 Å². The highest BCUT2D eigenvalue weighted by Crippen LogP contribution is 2.37. The molecule has 3 aromatic rings. The summed E-state index contributed by atoms with van der Waals surface area (Å²) < 4.78 is 11.2. The molecule has 7 nitrogen and oxygen atoms in total. The van der Waals surface area contributed by atoms with Crippen molar-refractivity contribution >= 4 is 0 Å². The van der Waals surface area contributed by atoms with Crippen molar-refractivity contribution in [2.75, 3.05) is 13.2 Å². The second-order valence-electron chi connectivity index (χ2n) is 7.55. The van der Waals surface area contributed by atoms with Crippen molar-refractivity contribution < 1.29 is 14.4 Å². The van der Waals surface area contributed by atoms with Gasteiger partial charge in [-0.05, 0) is 56.0 Å². The lowest BCUT2D eigenvalue weighted by atomic mass is 10.0. The number of nitriles is 1. The zero-order valence-corrected chi connectivity index (χ0v) is 19.1. The van der Waals surface area contributed by atoms with E-state index in [4.69, 9.17) is 14.4 Å². The molecule has 0 spiro atoms. The average molecular weight is 435 g/mol. The standard InChI is InChI=1S/C23H24N4O3.C2H6/c1-14(2)29-21-9-6-15(12-16(21)13-24)23-26-22(27-30-23)19-5-3-4-18-17(19)7-8-20(18)25-10-11-28;1-2/h3-6,9,12,14,20,25,28H,7-8,10-11H2,1-2H3;1-2H3. The normalized spacial score (nSPS) is 14.5. The molecular formula is C25H30N4O3. The first-order chi connectivity index (χ1) is 15.6. The van der Waals surface area contributed by atoms with Gasteiger partial charge in [0.15, 0.2) is 0 Å². The third-order valence-electron chi connectivity index (χ3n) is 5.15. The Morgan fingerprint density at radius 1 is 1.28 bits per heavy atom. The van der Waals surface area contributed by atoms with Gasteiger partial charge in [0.25, 0.3) is 5.89 Å². The van der Waals surface area contributed by atoms with Gasteiger partial charge in [0.05, 0.1) is 18.3 Å². The maximum absolute atomic E-state index is 9.46. The Morgan fingerprint density at radius 2 is 2.09 bits per heavy atom. The highest BCUT2D eigenvalue weighted by Gasteiger charge is 2.26. The molecule has 1 atom stereocenters. The fraction of sp³-hybridized carbons (Fsp3) is 0.400. The predicted octanol–water partition coefficient (Wildman–Crippen LogP) is 4.66. The van der Waals surface area contributed by atoms with Crippen LogP contribution < -0.4 is 10.1 Å². The number of fused-ring (bicyclic) bond motifs is 1. The van der Waals surface area contributed by atoms with E-state index in [1.165, 1.54) is 11.1 Å². The molecule has 0 amide bonds. The Morgan fingerprint density at radius 3 is 2.81 bits per heavy atom. The highest BCUT2D eigenvalue weighted by atomic mass is 16.5. The Hall–Kier alpha value is -3.21. The summed E-state index contributed by atoms with van der Waals surface area (Å²) in [6.45, 7) is 8.52. The van der Waals surface area contributed by atoms with Crippen LogP contribution in [0.5, 0.6) is 5.75 Å². The Balaban J connectivity index is 0.00000141. The minimum absolute atomic E-state index is 0.0196. The molecule has 1 aliphatic rings. The molecule has 0 aliphatic heterocycles. The second-order valence-corrected chi connectivity index (χ2v) is 7.55. The van der Waals surface area contributed by atoms with E-state index in [1.54, 1.807) is 12.1 Å². The quantitative estimate of drug-likeness (QED) is 0.557. The molecular weight excluding hydrogens is 404 g/mol. The van der Waals surface area contributed by atoms with Crippen molar-refractivity contribution in [2.24, 2.45) is 0 Å². The molecule has 2 aromatic carbocycles. The third-order valence-corrected chi connectivity index (χ3v) is 5.15. The summed E-state index contributed by atoms with van der Waals surface area (Å²) in [7, 11) is 0. The molecule has 1 aromatic heterocycles. The van der Waals surface area contributed by atoms with Crippen molar-refractivity contribution in [1.29, 1.82) is 5.26 Å². The number of hydrogen-bond acceptors (Lipinski definition) is 7. The molecule has 1 aliphatic carbocycles. The lowest BCUT2D eigenvalue weighted by Crippen LogP contribution is -2.22. The van der Waals surface area contributed by atoms with Gasteiger partial charge in [-0.15, -0.1) is 0 Å². The van der Waals surface area contributed by atoms with Gasteiger partial charge < -0.3 is 19.7 Å². The van der Waals surface area contributed by atoms with Crippen molar-refractivity contribution in [3.63, 3.8) is 0 Å². The van der Waals surface area contributed by atoms with Crippen LogP contribution in [0.25, 0.3) is 22.8 Å². The molecule has 2 N–H and O–H groups in total. The maximum Gasteiger partial charge on any atom is 0.258 e. The van der Waals surface area contributed by atoms with Gasteiger partial charge in [-0.25, -0.2) is 0 Å². The van der Waals surface area contributed by atoms with Gasteiger partial charge in [0, 0.05) is 23.7 Å². The smallest absolute Gasteiger partial charge is 0.258 e. The van der Waals surface area contributed by atoms with E-state index in [1.807, 2.05) is 45.9 Å². The summed E-state index contributed by atoms with van der Waals surface area (Å²) in [6.07, 6.45) is 1.87. The molecule has 0 bridgehead atoms. The number of aliphatic hydroxyl groups excluding tert-OH is 1. The summed E-state index contributed by atoms with van der Waals surface area (Å²) in [5.74, 6) is 1.44. The van der Waals surface area contributed by atoms with Crippen LogP contribution in [0.15, 0.2) is 40.9 Å². The molecule has 0 saturated carbocycles. The number of aliphatic hydroxyl groups is 1. The van der Waals surface area contributed by atoms with Crippen molar-refractivity contribution in [3.05, 3.63) is 53.1 Å². The molecule has 1 heterocycles. The Kier molecular flexibility index (Phi) is 7.98. The van der Waals surface area contributed by atoms with E-state index in [2.05, 4.69) is 27.6 Å². The Bertz CT molecular complexity index is 1090. The van der Waals surface area contributed by atoms with Crippen molar-refractivity contribution in [3.8, 4) is 34.7 Å². The first-order valence-corrected chi connectivity index (χ1v) is 11.1. The van der Waals surface area contributed by atoms with Gasteiger partial charge >= 0.3 is 0 Å². The summed E-state index contributed by atoms with van der Waals surface area (Å²) in [6, 6.07) is 13.8. The van der Waals surface area contributed by atoms with Crippen LogP contribution >= 0.6 is 0 Å². The molecule has 7 heteroatoms. The number of rotatable bonds is 7. The minimum Gasteiger partial charge on any atom is -0.490 e. The number of benzene rings is 2. The van der Waals surface area contributed by atoms with E-state index in [-0.39, 0.29) is 18.8 Å². The zero-order valence-electron chi connectivity index (χ0n) is 19.1. The van der Waals surface area contributed by atoms with Crippen LogP contribution in [0.1, 0.15) is 56.8 Å². The predicted molar refractivity (Wildman–Crippen MR) is 123 cm³/mol. The van der Waals surface area contributed by atoms with Crippen LogP contribution in [0.2, 0.25) is 0 Å². The van der Waals surface area contributed by atoms with E-state index >= 15 is 0 Å². The fourth-order valence-corrected chi connectivity index (χ4v) is 3.87. The van der Waals surface area contributed by atoms with Crippen molar-refractivity contribution in [2.45, 2.75) is 52.7 Å². The molecule has 0 radical (unpaired) electrons. The summed E-state index contributed by atoms with van der Waals surface area (Å²) in [4.78, 5) is 4.59. The SMILES string of the molecule is CC.CC(C)Oc1ccc(-c2nc(-c3cccc4c3CCC4NCCO)no2)cc1C#N. The van der Waals surface area contributed by atoms with Crippen LogP contribution in [-0.2, 0) is 6.42 Å². The highest BCUT2D eigenvalue weighted by molar-refractivity contribution is 5.67. The van der Waals surface area contributed by atoms with Crippen molar-refractivity contribution in [1.82, 2.24) is 15.5 Å². The molecule has 0 fully saturated rings. The Labute approximate surface area is 189 Å². The summed E-state index contributed by atoms with van der Waals surface area (Å²) in [5, 5.41) is 26.1. The topological polar surface area (TPSA) is 104 Å². The lowest BCUT2D eigenvalue weighted by molar-refractivity contribution is 0.241. The van der Waals surface area contributed by atoms with Crippen LogP contribution in [0.4, 0.5) is 0 Å². The average Bonchev–Trinajstić information content (AvgIpc) is 3.46. The number of nitrogens with zero attached hydrogens (tertiary/aromatic N) is 3. The minimum atomic E-state index is -0.0196. The number of nitrogens with one attached hydrogen (secondary N) is 1. The van der Waals surface area contributed by atoms with Crippen LogP contribution in [0, 0.1) is 11.3 Å². The molecule has 168 valence electrons. The van der Waals surface area contributed by atoms with Crippen LogP contribution in [0.3, 0.4) is 0 Å². The van der Waals surface area contributed by atoms with Gasteiger partial charge in [-0.3, -0.25) is 0 Å². The zero-order chi connectivity index (χ0) is 23.1. The number of ether oxygens (including phenoxy) is 1. The number of hydrogen-bond donors (Lipinski definition) is 2. The lowest BCUT2D eigenvalue weighted by Gasteiger charge is -2.13. The molecule has 1 unspecified atom stereocenters. The molecule has 0 saturated heterocycles. The first-order valence-electron chi connectivity index (χ1n) is 11.1. The third kappa shape index (κ3) is 4.98. The first kappa shape index (κ1) is 23.5. The summed E-state index contributed by atoms with van der Waals surface area (Å²) >= 11 is 0. The number of aromatic nitrogens is 2.